The summed E-state index contributed by atoms with van der Waals surface area (Å²) in [6.07, 6.45) is 5.21. The maximum atomic E-state index is 12.6. The third-order valence-corrected chi connectivity index (χ3v) is 6.95. The molecule has 144 valence electrons. The average molecular weight is 377 g/mol. The van der Waals surface area contributed by atoms with Crippen LogP contribution in [0.5, 0.6) is 0 Å². The molecule has 0 spiro atoms. The number of benzene rings is 1. The molecule has 0 aromatic heterocycles. The second-order valence-corrected chi connectivity index (χ2v) is 10.4. The van der Waals surface area contributed by atoms with Gasteiger partial charge in [0.2, 0.25) is 0 Å². The standard InChI is InChI=1S/C21H32N2O2S/c1-5-6-12-20(22-26(24,25)21(2,3)4)19-13-15-23(16-14-19)17-18-10-8-7-9-11-18/h5,7-11,19H,1,6,12-17H2,2-4H3/b22-20-. The number of nitrogens with zero attached hydrogens (tertiary/aromatic N) is 2. The van der Waals surface area contributed by atoms with Crippen LogP contribution in [0.2, 0.25) is 0 Å². The van der Waals surface area contributed by atoms with Crippen LogP contribution in [-0.4, -0.2) is 36.9 Å². The number of hydrogen-bond acceptors (Lipinski definition) is 3. The summed E-state index contributed by atoms with van der Waals surface area (Å²) in [5, 5.41) is 0. The molecule has 0 saturated carbocycles. The summed E-state index contributed by atoms with van der Waals surface area (Å²) in [5.74, 6) is 0.249. The SMILES string of the molecule is C=CCC/C(=N/S(=O)(=O)C(C)(C)C)C1CCN(Cc2ccccc2)CC1. The lowest BCUT2D eigenvalue weighted by atomic mass is 9.89. The molecule has 0 amide bonds. The molecule has 1 heterocycles. The van der Waals surface area contributed by atoms with E-state index < -0.39 is 14.8 Å². The molecule has 0 unspecified atom stereocenters. The third-order valence-electron chi connectivity index (χ3n) is 4.92. The highest BCUT2D eigenvalue weighted by molar-refractivity contribution is 7.91. The van der Waals surface area contributed by atoms with Crippen LogP contribution in [0.25, 0.3) is 0 Å². The Balaban J connectivity index is 2.05. The second kappa shape index (κ2) is 8.96. The minimum atomic E-state index is -3.50. The number of sulfonamides is 1. The Morgan fingerprint density at radius 2 is 1.85 bits per heavy atom. The Bertz CT molecular complexity index is 710. The Labute approximate surface area is 159 Å². The van der Waals surface area contributed by atoms with Crippen molar-refractivity contribution in [2.24, 2.45) is 10.3 Å². The molecule has 0 atom stereocenters. The third kappa shape index (κ3) is 5.78. The molecule has 1 fully saturated rings. The van der Waals surface area contributed by atoms with Crippen LogP contribution in [0, 0.1) is 5.92 Å². The highest BCUT2D eigenvalue weighted by atomic mass is 32.2. The molecule has 5 heteroatoms. The van der Waals surface area contributed by atoms with Gasteiger partial charge in [-0.05, 0) is 65.1 Å². The fourth-order valence-corrected chi connectivity index (χ4v) is 3.95. The van der Waals surface area contributed by atoms with Crippen LogP contribution in [0.1, 0.15) is 52.0 Å². The molecule has 1 aromatic carbocycles. The van der Waals surface area contributed by atoms with Gasteiger partial charge in [0.25, 0.3) is 10.0 Å². The molecule has 0 bridgehead atoms. The normalized spacial score (nSPS) is 18.0. The van der Waals surface area contributed by atoms with Crippen molar-refractivity contribution >= 4 is 15.7 Å². The minimum absolute atomic E-state index is 0.249. The maximum Gasteiger partial charge on any atom is 0.257 e. The fourth-order valence-electron chi connectivity index (χ4n) is 3.13. The molecule has 1 aromatic rings. The van der Waals surface area contributed by atoms with E-state index in [1.165, 1.54) is 5.56 Å². The largest absolute Gasteiger partial charge is 0.299 e. The van der Waals surface area contributed by atoms with Crippen LogP contribution in [-0.2, 0) is 16.6 Å². The molecule has 26 heavy (non-hydrogen) atoms. The first kappa shape index (κ1) is 20.8. The fraction of sp³-hybridized carbons (Fsp3) is 0.571. The highest BCUT2D eigenvalue weighted by Gasteiger charge is 2.31. The smallest absolute Gasteiger partial charge is 0.257 e. The topological polar surface area (TPSA) is 49.7 Å². The van der Waals surface area contributed by atoms with E-state index in [1.54, 1.807) is 20.8 Å². The number of rotatable bonds is 7. The maximum absolute atomic E-state index is 12.6. The van der Waals surface area contributed by atoms with E-state index in [2.05, 4.69) is 40.1 Å². The molecule has 1 aliphatic rings. The van der Waals surface area contributed by atoms with Crippen molar-refractivity contribution in [3.05, 3.63) is 48.6 Å². The lowest BCUT2D eigenvalue weighted by Gasteiger charge is -2.33. The van der Waals surface area contributed by atoms with Gasteiger partial charge in [0, 0.05) is 18.2 Å². The first-order valence-corrected chi connectivity index (χ1v) is 10.9. The molecule has 0 N–H and O–H groups in total. The molecular weight excluding hydrogens is 344 g/mol. The Hall–Kier alpha value is -1.46. The number of likely N-dealkylation sites (tertiary alicyclic amines) is 1. The first-order valence-electron chi connectivity index (χ1n) is 9.43. The lowest BCUT2D eigenvalue weighted by molar-refractivity contribution is 0.201. The van der Waals surface area contributed by atoms with Crippen LogP contribution < -0.4 is 0 Å². The molecule has 0 aliphatic carbocycles. The molecule has 2 rings (SSSR count). The van der Waals surface area contributed by atoms with E-state index >= 15 is 0 Å². The van der Waals surface area contributed by atoms with Crippen LogP contribution in [0.15, 0.2) is 47.4 Å². The van der Waals surface area contributed by atoms with Gasteiger partial charge in [-0.25, -0.2) is 8.42 Å². The van der Waals surface area contributed by atoms with E-state index in [9.17, 15) is 8.42 Å². The summed E-state index contributed by atoms with van der Waals surface area (Å²) in [5.41, 5.74) is 2.15. The van der Waals surface area contributed by atoms with Gasteiger partial charge in [-0.2, -0.15) is 4.40 Å². The average Bonchev–Trinajstić information content (AvgIpc) is 2.59. The monoisotopic (exact) mass is 376 g/mol. The Morgan fingerprint density at radius 1 is 1.23 bits per heavy atom. The van der Waals surface area contributed by atoms with Crippen molar-refractivity contribution in [1.29, 1.82) is 0 Å². The van der Waals surface area contributed by atoms with Crippen molar-refractivity contribution in [2.45, 2.75) is 57.7 Å². The van der Waals surface area contributed by atoms with Crippen molar-refractivity contribution in [3.8, 4) is 0 Å². The van der Waals surface area contributed by atoms with Crippen LogP contribution >= 0.6 is 0 Å². The second-order valence-electron chi connectivity index (χ2n) is 8.03. The minimum Gasteiger partial charge on any atom is -0.299 e. The summed E-state index contributed by atoms with van der Waals surface area (Å²) in [6.45, 7) is 11.8. The van der Waals surface area contributed by atoms with E-state index in [0.29, 0.717) is 6.42 Å². The highest BCUT2D eigenvalue weighted by Crippen LogP contribution is 2.25. The summed E-state index contributed by atoms with van der Waals surface area (Å²) in [6, 6.07) is 10.5. The van der Waals surface area contributed by atoms with E-state index in [0.717, 1.165) is 44.6 Å². The van der Waals surface area contributed by atoms with Gasteiger partial charge in [0.05, 0.1) is 4.75 Å². The van der Waals surface area contributed by atoms with Crippen molar-refractivity contribution in [2.75, 3.05) is 13.1 Å². The predicted molar refractivity (Wildman–Crippen MR) is 110 cm³/mol. The summed E-state index contributed by atoms with van der Waals surface area (Å²) in [4.78, 5) is 2.44. The van der Waals surface area contributed by atoms with Gasteiger partial charge < -0.3 is 0 Å². The van der Waals surface area contributed by atoms with E-state index in [-0.39, 0.29) is 5.92 Å². The van der Waals surface area contributed by atoms with Gasteiger partial charge >= 0.3 is 0 Å². The summed E-state index contributed by atoms with van der Waals surface area (Å²) >= 11 is 0. The van der Waals surface area contributed by atoms with Gasteiger partial charge in [-0.1, -0.05) is 36.4 Å². The predicted octanol–water partition coefficient (Wildman–Crippen LogP) is 4.43. The molecule has 4 nitrogen and oxygen atoms in total. The molecule has 1 aliphatic heterocycles. The van der Waals surface area contributed by atoms with E-state index in [1.807, 2.05) is 12.1 Å². The molecule has 1 saturated heterocycles. The molecular formula is C21H32N2O2S. The van der Waals surface area contributed by atoms with Crippen molar-refractivity contribution in [1.82, 2.24) is 4.90 Å². The van der Waals surface area contributed by atoms with E-state index in [4.69, 9.17) is 0 Å². The van der Waals surface area contributed by atoms with Gasteiger partial charge in [0.1, 0.15) is 0 Å². The first-order chi connectivity index (χ1) is 12.2. The Morgan fingerprint density at radius 3 is 2.38 bits per heavy atom. The number of hydrogen-bond donors (Lipinski definition) is 0. The quantitative estimate of drug-likeness (QED) is 0.522. The zero-order valence-electron chi connectivity index (χ0n) is 16.3. The van der Waals surface area contributed by atoms with Crippen LogP contribution in [0.4, 0.5) is 0 Å². The van der Waals surface area contributed by atoms with Gasteiger partial charge in [0.15, 0.2) is 0 Å². The number of piperidine rings is 1. The summed E-state index contributed by atoms with van der Waals surface area (Å²) < 4.78 is 28.5. The lowest BCUT2D eigenvalue weighted by Crippen LogP contribution is -2.37. The Kier molecular flexibility index (Phi) is 7.18. The number of allylic oxidation sites excluding steroid dienone is 1. The van der Waals surface area contributed by atoms with Crippen LogP contribution in [0.3, 0.4) is 0 Å². The molecule has 0 radical (unpaired) electrons. The zero-order valence-corrected chi connectivity index (χ0v) is 17.1. The summed E-state index contributed by atoms with van der Waals surface area (Å²) in [7, 11) is -3.50. The van der Waals surface area contributed by atoms with Crippen molar-refractivity contribution in [3.63, 3.8) is 0 Å². The van der Waals surface area contributed by atoms with Crippen molar-refractivity contribution < 1.29 is 8.42 Å². The van der Waals surface area contributed by atoms with Gasteiger partial charge in [-0.15, -0.1) is 6.58 Å². The van der Waals surface area contributed by atoms with Gasteiger partial charge in [-0.3, -0.25) is 4.90 Å². The zero-order chi connectivity index (χ0) is 19.2.